The van der Waals surface area contributed by atoms with Gasteiger partial charge >= 0.3 is 0 Å². The van der Waals surface area contributed by atoms with Crippen LogP contribution < -0.4 is 19.5 Å². The highest BCUT2D eigenvalue weighted by molar-refractivity contribution is 7.89. The van der Waals surface area contributed by atoms with Gasteiger partial charge in [0.2, 0.25) is 10.0 Å². The van der Waals surface area contributed by atoms with Crippen LogP contribution in [0.5, 0.6) is 11.5 Å². The van der Waals surface area contributed by atoms with E-state index < -0.39 is 15.9 Å². The van der Waals surface area contributed by atoms with Crippen molar-refractivity contribution in [1.82, 2.24) is 4.72 Å². The largest absolute Gasteiger partial charge is 0.495 e. The number of sulfonamides is 1. The van der Waals surface area contributed by atoms with Gasteiger partial charge < -0.3 is 14.8 Å². The van der Waals surface area contributed by atoms with Gasteiger partial charge in [0, 0.05) is 17.3 Å². The highest BCUT2D eigenvalue weighted by atomic mass is 32.2. The number of methoxy groups -OCH3 is 1. The number of hydrogen-bond acceptors (Lipinski definition) is 5. The SMILES string of the molecule is COc1ccc(C(=O)Nc2ccc(OCc3ccccc3)cc2)cc1S(=O)(=O)NC1CC1. The summed E-state index contributed by atoms with van der Waals surface area (Å²) in [5.74, 6) is 0.443. The molecule has 3 aromatic rings. The number of nitrogens with one attached hydrogen (secondary N) is 2. The van der Waals surface area contributed by atoms with E-state index in [1.807, 2.05) is 30.3 Å². The van der Waals surface area contributed by atoms with E-state index >= 15 is 0 Å². The minimum Gasteiger partial charge on any atom is -0.495 e. The summed E-state index contributed by atoms with van der Waals surface area (Å²) in [7, 11) is -2.38. The number of carbonyl (C=O) groups excluding carboxylic acids is 1. The summed E-state index contributed by atoms with van der Waals surface area (Å²) >= 11 is 0. The number of anilines is 1. The van der Waals surface area contributed by atoms with E-state index in [1.54, 1.807) is 24.3 Å². The summed E-state index contributed by atoms with van der Waals surface area (Å²) < 4.78 is 38.9. The lowest BCUT2D eigenvalue weighted by molar-refractivity contribution is 0.102. The van der Waals surface area contributed by atoms with Crippen molar-refractivity contribution >= 4 is 21.6 Å². The Balaban J connectivity index is 1.43. The zero-order valence-corrected chi connectivity index (χ0v) is 18.4. The zero-order chi connectivity index (χ0) is 22.6. The molecular weight excluding hydrogens is 428 g/mol. The maximum Gasteiger partial charge on any atom is 0.255 e. The molecule has 0 heterocycles. The molecule has 1 amide bonds. The van der Waals surface area contributed by atoms with Gasteiger partial charge in [-0.3, -0.25) is 4.79 Å². The number of amides is 1. The average molecular weight is 453 g/mol. The van der Waals surface area contributed by atoms with Crippen LogP contribution in [0.25, 0.3) is 0 Å². The molecule has 1 fully saturated rings. The Morgan fingerprint density at radius 1 is 1.00 bits per heavy atom. The molecule has 1 aliphatic rings. The van der Waals surface area contributed by atoms with Crippen LogP contribution in [0.1, 0.15) is 28.8 Å². The van der Waals surface area contributed by atoms with Crippen LogP contribution in [0.2, 0.25) is 0 Å². The predicted octanol–water partition coefficient (Wildman–Crippen LogP) is 3.97. The van der Waals surface area contributed by atoms with Crippen molar-refractivity contribution in [2.75, 3.05) is 12.4 Å². The quantitative estimate of drug-likeness (QED) is 0.512. The Bertz CT molecular complexity index is 1190. The molecule has 0 unspecified atom stereocenters. The lowest BCUT2D eigenvalue weighted by atomic mass is 10.2. The molecule has 0 radical (unpaired) electrons. The van der Waals surface area contributed by atoms with E-state index in [0.29, 0.717) is 18.0 Å². The molecule has 1 aliphatic carbocycles. The van der Waals surface area contributed by atoms with Gasteiger partial charge in [0.15, 0.2) is 0 Å². The number of hydrogen-bond donors (Lipinski definition) is 2. The third-order valence-electron chi connectivity index (χ3n) is 4.98. The third-order valence-corrected chi connectivity index (χ3v) is 6.52. The summed E-state index contributed by atoms with van der Waals surface area (Å²) in [5.41, 5.74) is 1.84. The van der Waals surface area contributed by atoms with Gasteiger partial charge in [-0.1, -0.05) is 30.3 Å². The van der Waals surface area contributed by atoms with Crippen molar-refractivity contribution < 1.29 is 22.7 Å². The zero-order valence-electron chi connectivity index (χ0n) is 17.6. The summed E-state index contributed by atoms with van der Waals surface area (Å²) in [4.78, 5) is 12.7. The van der Waals surface area contributed by atoms with Crippen LogP contribution in [-0.2, 0) is 16.6 Å². The van der Waals surface area contributed by atoms with Crippen molar-refractivity contribution in [3.63, 3.8) is 0 Å². The number of benzene rings is 3. The maximum absolute atomic E-state index is 12.7. The van der Waals surface area contributed by atoms with Crippen LogP contribution >= 0.6 is 0 Å². The maximum atomic E-state index is 12.7. The topological polar surface area (TPSA) is 93.7 Å². The highest BCUT2D eigenvalue weighted by Crippen LogP contribution is 2.28. The predicted molar refractivity (Wildman–Crippen MR) is 122 cm³/mol. The number of rotatable bonds is 9. The second-order valence-electron chi connectivity index (χ2n) is 7.51. The number of carbonyl (C=O) groups is 1. The fraction of sp³-hybridized carbons (Fsp3) is 0.208. The van der Waals surface area contributed by atoms with Crippen molar-refractivity contribution in [3.05, 3.63) is 83.9 Å². The highest BCUT2D eigenvalue weighted by Gasteiger charge is 2.30. The van der Waals surface area contributed by atoms with Crippen LogP contribution in [0.4, 0.5) is 5.69 Å². The van der Waals surface area contributed by atoms with Crippen LogP contribution in [0, 0.1) is 0 Å². The molecule has 7 nitrogen and oxygen atoms in total. The van der Waals surface area contributed by atoms with E-state index in [0.717, 1.165) is 18.4 Å². The van der Waals surface area contributed by atoms with Crippen molar-refractivity contribution in [2.24, 2.45) is 0 Å². The van der Waals surface area contributed by atoms with Crippen molar-refractivity contribution in [1.29, 1.82) is 0 Å². The molecule has 0 atom stereocenters. The van der Waals surface area contributed by atoms with Gasteiger partial charge in [-0.25, -0.2) is 13.1 Å². The van der Waals surface area contributed by atoms with Crippen molar-refractivity contribution in [3.8, 4) is 11.5 Å². The Kier molecular flexibility index (Phi) is 6.43. The summed E-state index contributed by atoms with van der Waals surface area (Å²) in [6.45, 7) is 0.449. The first-order chi connectivity index (χ1) is 15.4. The molecule has 8 heteroatoms. The molecule has 2 N–H and O–H groups in total. The smallest absolute Gasteiger partial charge is 0.255 e. The Labute approximate surface area is 187 Å². The molecule has 0 aromatic heterocycles. The van der Waals surface area contributed by atoms with E-state index in [9.17, 15) is 13.2 Å². The molecule has 0 bridgehead atoms. The molecule has 0 aliphatic heterocycles. The summed E-state index contributed by atoms with van der Waals surface area (Å²) in [6, 6.07) is 21.1. The Morgan fingerprint density at radius 3 is 2.38 bits per heavy atom. The van der Waals surface area contributed by atoms with Crippen LogP contribution in [-0.4, -0.2) is 27.5 Å². The van der Waals surface area contributed by atoms with Gasteiger partial charge in [-0.15, -0.1) is 0 Å². The lowest BCUT2D eigenvalue weighted by Crippen LogP contribution is -2.26. The minimum atomic E-state index is -3.78. The first kappa shape index (κ1) is 21.9. The first-order valence-electron chi connectivity index (χ1n) is 10.2. The van der Waals surface area contributed by atoms with E-state index in [4.69, 9.17) is 9.47 Å². The minimum absolute atomic E-state index is 0.0511. The molecule has 166 valence electrons. The summed E-state index contributed by atoms with van der Waals surface area (Å²) in [6.07, 6.45) is 1.62. The molecule has 4 rings (SSSR count). The van der Waals surface area contributed by atoms with Gasteiger partial charge in [-0.2, -0.15) is 0 Å². The molecule has 1 saturated carbocycles. The van der Waals surface area contributed by atoms with Gasteiger partial charge in [-0.05, 0) is 60.9 Å². The second-order valence-corrected chi connectivity index (χ2v) is 9.20. The van der Waals surface area contributed by atoms with Gasteiger partial charge in [0.05, 0.1) is 7.11 Å². The number of ether oxygens (including phenoxy) is 2. The van der Waals surface area contributed by atoms with E-state index in [2.05, 4.69) is 10.0 Å². The second kappa shape index (κ2) is 9.42. The van der Waals surface area contributed by atoms with Gasteiger partial charge in [0.25, 0.3) is 5.91 Å². The molecule has 32 heavy (non-hydrogen) atoms. The molecule has 0 saturated heterocycles. The Morgan fingerprint density at radius 2 is 1.72 bits per heavy atom. The molecule has 3 aromatic carbocycles. The summed E-state index contributed by atoms with van der Waals surface area (Å²) in [5, 5.41) is 2.78. The van der Waals surface area contributed by atoms with Crippen molar-refractivity contribution in [2.45, 2.75) is 30.4 Å². The van der Waals surface area contributed by atoms with Gasteiger partial charge in [0.1, 0.15) is 23.0 Å². The fourth-order valence-corrected chi connectivity index (χ4v) is 4.59. The molecular formula is C24H24N2O5S. The third kappa shape index (κ3) is 5.46. The van der Waals surface area contributed by atoms with Crippen LogP contribution in [0.15, 0.2) is 77.7 Å². The van der Waals surface area contributed by atoms with E-state index in [-0.39, 0.29) is 22.3 Å². The van der Waals surface area contributed by atoms with E-state index in [1.165, 1.54) is 25.3 Å². The standard InChI is InChI=1S/C24H24N2O5S/c1-30-22-14-7-18(15-23(22)32(28,29)26-20-8-9-20)24(27)25-19-10-12-21(13-11-19)31-16-17-5-3-2-4-6-17/h2-7,10-15,20,26H,8-9,16H2,1H3,(H,25,27). The monoisotopic (exact) mass is 452 g/mol. The Hall–Kier alpha value is -3.36. The fourth-order valence-electron chi connectivity index (χ4n) is 3.09. The molecule has 0 spiro atoms. The lowest BCUT2D eigenvalue weighted by Gasteiger charge is -2.12. The average Bonchev–Trinajstić information content (AvgIpc) is 3.62. The first-order valence-corrected chi connectivity index (χ1v) is 11.7. The normalized spacial score (nSPS) is 13.4. The van der Waals surface area contributed by atoms with Crippen LogP contribution in [0.3, 0.4) is 0 Å².